The lowest BCUT2D eigenvalue weighted by Crippen LogP contribution is -2.05. The Bertz CT molecular complexity index is 1300. The van der Waals surface area contributed by atoms with E-state index < -0.39 is 23.3 Å². The molecule has 1 heterocycles. The molecule has 0 bridgehead atoms. The number of carboxylic acid groups (broad SMARTS) is 2. The molecule has 0 atom stereocenters. The average Bonchev–Trinajstić information content (AvgIpc) is 2.65. The van der Waals surface area contributed by atoms with Crippen molar-refractivity contribution in [3.63, 3.8) is 0 Å². The third kappa shape index (κ3) is 2.57. The minimum atomic E-state index is -1.41. The molecule has 0 radical (unpaired) electrons. The third-order valence-corrected chi connectivity index (χ3v) is 4.48. The molecular formula is C21H12O7. The largest absolute Gasteiger partial charge is 0.507 e. The molecule has 0 amide bonds. The van der Waals surface area contributed by atoms with Gasteiger partial charge in [0.2, 0.25) is 0 Å². The second-order valence-corrected chi connectivity index (χ2v) is 6.13. The van der Waals surface area contributed by atoms with Gasteiger partial charge in [0.05, 0.1) is 5.56 Å². The smallest absolute Gasteiger partial charge is 0.343 e. The molecule has 0 saturated heterocycles. The van der Waals surface area contributed by atoms with Gasteiger partial charge in [-0.3, -0.25) is 4.79 Å². The van der Waals surface area contributed by atoms with Crippen molar-refractivity contribution < 1.29 is 29.3 Å². The number of hydrogen-bond donors (Lipinski definition) is 3. The van der Waals surface area contributed by atoms with Crippen LogP contribution >= 0.6 is 0 Å². The van der Waals surface area contributed by atoms with E-state index in [2.05, 4.69) is 0 Å². The molecule has 2 aliphatic rings. The molecule has 7 heteroatoms. The molecular weight excluding hydrogens is 364 g/mol. The number of benzene rings is 3. The van der Waals surface area contributed by atoms with Crippen molar-refractivity contribution in [1.82, 2.24) is 0 Å². The van der Waals surface area contributed by atoms with Crippen molar-refractivity contribution in [2.45, 2.75) is 0 Å². The molecule has 1 aliphatic heterocycles. The topological polar surface area (TPSA) is 125 Å². The van der Waals surface area contributed by atoms with Gasteiger partial charge in [0.25, 0.3) is 0 Å². The number of carbonyl (C=O) groups is 2. The van der Waals surface area contributed by atoms with E-state index in [9.17, 15) is 29.7 Å². The summed E-state index contributed by atoms with van der Waals surface area (Å²) in [5.41, 5.74) is 0.212. The number of hydrogen-bond acceptors (Lipinski definition) is 5. The molecule has 0 saturated carbocycles. The quantitative estimate of drug-likeness (QED) is 0.466. The van der Waals surface area contributed by atoms with Crippen LogP contribution in [-0.4, -0.2) is 27.3 Å². The van der Waals surface area contributed by atoms with Gasteiger partial charge in [0.1, 0.15) is 17.1 Å². The second kappa shape index (κ2) is 6.24. The Balaban J connectivity index is 2.28. The van der Waals surface area contributed by atoms with Gasteiger partial charge in [-0.1, -0.05) is 18.2 Å². The Hall–Kier alpha value is -4.13. The van der Waals surface area contributed by atoms with E-state index in [1.165, 1.54) is 36.4 Å². The van der Waals surface area contributed by atoms with Gasteiger partial charge in [-0.2, -0.15) is 0 Å². The minimum Gasteiger partial charge on any atom is -0.507 e. The molecule has 2 aromatic rings. The molecule has 0 spiro atoms. The maximum atomic E-state index is 11.8. The highest BCUT2D eigenvalue weighted by Crippen LogP contribution is 2.43. The van der Waals surface area contributed by atoms with Crippen LogP contribution in [0.1, 0.15) is 20.7 Å². The Morgan fingerprint density at radius 2 is 1.61 bits per heavy atom. The summed E-state index contributed by atoms with van der Waals surface area (Å²) in [6.07, 6.45) is 0. The van der Waals surface area contributed by atoms with Crippen molar-refractivity contribution in [1.29, 1.82) is 0 Å². The Morgan fingerprint density at radius 1 is 0.857 bits per heavy atom. The normalized spacial score (nSPS) is 11.0. The van der Waals surface area contributed by atoms with Gasteiger partial charge in [-0.05, 0) is 35.9 Å². The van der Waals surface area contributed by atoms with E-state index in [0.717, 1.165) is 0 Å². The maximum absolute atomic E-state index is 11.8. The highest BCUT2D eigenvalue weighted by Gasteiger charge is 2.25. The first kappa shape index (κ1) is 17.3. The number of aromatic carboxylic acids is 2. The Morgan fingerprint density at radius 3 is 2.32 bits per heavy atom. The van der Waals surface area contributed by atoms with E-state index in [0.29, 0.717) is 22.1 Å². The molecule has 3 N–H and O–H groups in total. The molecule has 2 aromatic carbocycles. The van der Waals surface area contributed by atoms with E-state index in [4.69, 9.17) is 4.42 Å². The second-order valence-electron chi connectivity index (χ2n) is 6.13. The van der Waals surface area contributed by atoms with Crippen LogP contribution in [0.2, 0.25) is 0 Å². The Kier molecular flexibility index (Phi) is 3.85. The van der Waals surface area contributed by atoms with E-state index in [1.807, 2.05) is 0 Å². The van der Waals surface area contributed by atoms with E-state index >= 15 is 0 Å². The van der Waals surface area contributed by atoms with Crippen molar-refractivity contribution >= 4 is 22.9 Å². The Labute approximate surface area is 157 Å². The number of fused-ring (bicyclic) bond motifs is 2. The predicted molar refractivity (Wildman–Crippen MR) is 100 cm³/mol. The lowest BCUT2D eigenvalue weighted by molar-refractivity contribution is 0.0684. The fourth-order valence-electron chi connectivity index (χ4n) is 3.31. The molecule has 4 rings (SSSR count). The fourth-order valence-corrected chi connectivity index (χ4v) is 3.31. The lowest BCUT2D eigenvalue weighted by Gasteiger charge is -2.17. The molecule has 1 aliphatic carbocycles. The fraction of sp³-hybridized carbons (Fsp3) is 0. The maximum Gasteiger partial charge on any atom is 0.343 e. The van der Waals surface area contributed by atoms with Gasteiger partial charge in [-0.15, -0.1) is 0 Å². The third-order valence-electron chi connectivity index (χ3n) is 4.48. The number of carboxylic acids is 2. The minimum absolute atomic E-state index is 0.00690. The van der Waals surface area contributed by atoms with Crippen LogP contribution in [0.25, 0.3) is 33.4 Å². The van der Waals surface area contributed by atoms with Gasteiger partial charge >= 0.3 is 11.9 Å². The van der Waals surface area contributed by atoms with Crippen LogP contribution < -0.4 is 5.43 Å². The summed E-state index contributed by atoms with van der Waals surface area (Å²) >= 11 is 0. The first-order chi connectivity index (χ1) is 13.4. The summed E-state index contributed by atoms with van der Waals surface area (Å²) in [7, 11) is 0. The molecule has 0 fully saturated rings. The summed E-state index contributed by atoms with van der Waals surface area (Å²) < 4.78 is 5.67. The van der Waals surface area contributed by atoms with Crippen LogP contribution in [0.3, 0.4) is 0 Å². The van der Waals surface area contributed by atoms with Crippen molar-refractivity contribution in [3.05, 3.63) is 75.9 Å². The zero-order valence-corrected chi connectivity index (χ0v) is 14.2. The van der Waals surface area contributed by atoms with Crippen LogP contribution in [0.5, 0.6) is 5.75 Å². The van der Waals surface area contributed by atoms with Crippen LogP contribution in [0.15, 0.2) is 63.8 Å². The zero-order chi connectivity index (χ0) is 20.0. The summed E-state index contributed by atoms with van der Waals surface area (Å²) in [6.45, 7) is 0. The summed E-state index contributed by atoms with van der Waals surface area (Å²) in [6, 6.07) is 12.9. The summed E-state index contributed by atoms with van der Waals surface area (Å²) in [4.78, 5) is 35.2. The number of rotatable bonds is 3. The van der Waals surface area contributed by atoms with E-state index in [1.54, 1.807) is 18.2 Å². The standard InChI is InChI=1S/C21H12O7/c22-10-5-6-13-16(9-10)28-19-14(7-8-15(23)18(19)21(26)27)17(13)11-3-1-2-4-12(11)20(24)25/h1-9,23H,(H,24,25)(H,26,27). The number of aromatic hydroxyl groups is 1. The van der Waals surface area contributed by atoms with Crippen LogP contribution in [0, 0.1) is 0 Å². The van der Waals surface area contributed by atoms with Gasteiger partial charge in [-0.25, -0.2) is 9.59 Å². The molecule has 7 nitrogen and oxygen atoms in total. The average molecular weight is 376 g/mol. The van der Waals surface area contributed by atoms with Crippen molar-refractivity contribution in [3.8, 4) is 28.2 Å². The monoisotopic (exact) mass is 376 g/mol. The molecule has 0 aromatic heterocycles. The molecule has 0 unspecified atom stereocenters. The SMILES string of the molecule is O=C(O)c1ccccc1-c1c2ccc(=O)cc-2oc2c(C(=O)O)c(O)ccc12. The molecule has 138 valence electrons. The summed E-state index contributed by atoms with van der Waals surface area (Å²) in [5, 5.41) is 29.4. The molecule has 28 heavy (non-hydrogen) atoms. The predicted octanol–water partition coefficient (Wildman–Crippen LogP) is 3.67. The van der Waals surface area contributed by atoms with Gasteiger partial charge in [0, 0.05) is 22.6 Å². The number of phenols is 1. The first-order valence-corrected chi connectivity index (χ1v) is 8.17. The lowest BCUT2D eigenvalue weighted by atomic mass is 9.90. The summed E-state index contributed by atoms with van der Waals surface area (Å²) in [5.74, 6) is -2.99. The van der Waals surface area contributed by atoms with Crippen molar-refractivity contribution in [2.75, 3.05) is 0 Å². The highest BCUT2D eigenvalue weighted by atomic mass is 16.4. The van der Waals surface area contributed by atoms with E-state index in [-0.39, 0.29) is 22.3 Å². The highest BCUT2D eigenvalue weighted by molar-refractivity contribution is 6.12. The first-order valence-electron chi connectivity index (χ1n) is 8.17. The van der Waals surface area contributed by atoms with Gasteiger partial charge < -0.3 is 19.7 Å². The van der Waals surface area contributed by atoms with Crippen LogP contribution in [0.4, 0.5) is 0 Å². The van der Waals surface area contributed by atoms with Crippen LogP contribution in [-0.2, 0) is 0 Å². The van der Waals surface area contributed by atoms with Crippen molar-refractivity contribution in [2.24, 2.45) is 0 Å². The zero-order valence-electron chi connectivity index (χ0n) is 14.2. The van der Waals surface area contributed by atoms with Gasteiger partial charge in [0.15, 0.2) is 11.0 Å².